The van der Waals surface area contributed by atoms with E-state index >= 15 is 0 Å². The number of carbonyl (C=O) groups is 1. The number of nitrogens with one attached hydrogen (secondary N) is 1. The first kappa shape index (κ1) is 17.9. The van der Waals surface area contributed by atoms with Crippen LogP contribution in [0.4, 0.5) is 0 Å². The minimum absolute atomic E-state index is 0.0997. The molecule has 3 fully saturated rings. The molecule has 144 valence electrons. The van der Waals surface area contributed by atoms with Gasteiger partial charge in [0.2, 0.25) is 5.91 Å². The van der Waals surface area contributed by atoms with Gasteiger partial charge in [0.1, 0.15) is 12.0 Å². The second-order valence-electron chi connectivity index (χ2n) is 8.25. The van der Waals surface area contributed by atoms with Crippen LogP contribution >= 0.6 is 0 Å². The maximum atomic E-state index is 13.4. The third kappa shape index (κ3) is 3.25. The summed E-state index contributed by atoms with van der Waals surface area (Å²) in [5.41, 5.74) is -0.236. The Morgan fingerprint density at radius 3 is 2.81 bits per heavy atom. The lowest BCUT2D eigenvalue weighted by Gasteiger charge is -2.43. The summed E-state index contributed by atoms with van der Waals surface area (Å²) in [6, 6.07) is 0.327. The fourth-order valence-corrected chi connectivity index (χ4v) is 5.11. The average molecular weight is 361 g/mol. The van der Waals surface area contributed by atoms with Crippen molar-refractivity contribution >= 4 is 5.91 Å². The number of ether oxygens (including phenoxy) is 1. The minimum Gasteiger partial charge on any atom is -0.393 e. The van der Waals surface area contributed by atoms with Gasteiger partial charge in [-0.25, -0.2) is 0 Å². The summed E-state index contributed by atoms with van der Waals surface area (Å²) in [6.07, 6.45) is 12.4. The normalized spacial score (nSPS) is 37.8. The van der Waals surface area contributed by atoms with Gasteiger partial charge in [-0.15, -0.1) is 0 Å². The van der Waals surface area contributed by atoms with Crippen LogP contribution in [0.25, 0.3) is 0 Å². The van der Waals surface area contributed by atoms with E-state index in [4.69, 9.17) is 4.74 Å². The van der Waals surface area contributed by atoms with Crippen molar-refractivity contribution in [3.05, 3.63) is 24.0 Å². The van der Waals surface area contributed by atoms with Crippen LogP contribution in [0.3, 0.4) is 0 Å². The maximum Gasteiger partial charge on any atom is 0.230 e. The summed E-state index contributed by atoms with van der Waals surface area (Å²) < 4.78 is 5.39. The zero-order valence-electron chi connectivity index (χ0n) is 15.7. The van der Waals surface area contributed by atoms with Gasteiger partial charge in [-0.05, 0) is 57.1 Å². The van der Waals surface area contributed by atoms with E-state index in [1.807, 2.05) is 12.2 Å². The van der Waals surface area contributed by atoms with Gasteiger partial charge < -0.3 is 25.0 Å². The van der Waals surface area contributed by atoms with Crippen LogP contribution in [0.5, 0.6) is 0 Å². The molecule has 0 aromatic rings. The molecule has 2 atom stereocenters. The Balaban J connectivity index is 1.44. The molecule has 4 rings (SSSR count). The SMILES string of the molecule is COC1C=CC=C(N2CCC[C@@]3(CCN(C4CCC(O)CC4)C3=O)C2)N1. The number of aliphatic hydroxyl groups is 1. The van der Waals surface area contributed by atoms with Crippen LogP contribution in [-0.2, 0) is 9.53 Å². The average Bonchev–Trinajstić information content (AvgIpc) is 2.98. The number of piperidine rings is 1. The van der Waals surface area contributed by atoms with E-state index in [1.165, 1.54) is 0 Å². The standard InChI is InChI=1S/C20H31N3O3/c1-26-18-5-2-4-17(21-18)22-12-3-10-20(14-22)11-13-23(19(20)25)15-6-8-16(24)9-7-15/h2,4-5,15-16,18,21,24H,3,6-14H2,1H3/t15?,16?,18?,20-/m1/s1. The predicted molar refractivity (Wildman–Crippen MR) is 99.0 cm³/mol. The maximum absolute atomic E-state index is 13.4. The molecule has 1 unspecified atom stereocenters. The number of amides is 1. The number of hydrogen-bond acceptors (Lipinski definition) is 5. The third-order valence-corrected chi connectivity index (χ3v) is 6.65. The van der Waals surface area contributed by atoms with Crippen LogP contribution in [-0.4, -0.2) is 65.9 Å². The third-order valence-electron chi connectivity index (χ3n) is 6.65. The summed E-state index contributed by atoms with van der Waals surface area (Å²) in [5.74, 6) is 1.41. The van der Waals surface area contributed by atoms with Crippen molar-refractivity contribution in [2.75, 3.05) is 26.7 Å². The quantitative estimate of drug-likeness (QED) is 0.799. The molecule has 2 saturated heterocycles. The van der Waals surface area contributed by atoms with Gasteiger partial charge in [-0.2, -0.15) is 0 Å². The van der Waals surface area contributed by atoms with E-state index in [2.05, 4.69) is 21.2 Å². The second kappa shape index (κ2) is 7.24. The molecular formula is C20H31N3O3. The summed E-state index contributed by atoms with van der Waals surface area (Å²) in [6.45, 7) is 2.65. The summed E-state index contributed by atoms with van der Waals surface area (Å²) >= 11 is 0. The van der Waals surface area contributed by atoms with Gasteiger partial charge in [0.15, 0.2) is 0 Å². The van der Waals surface area contributed by atoms with Gasteiger partial charge in [-0.1, -0.05) is 6.08 Å². The van der Waals surface area contributed by atoms with Crippen molar-refractivity contribution in [2.24, 2.45) is 5.41 Å². The van der Waals surface area contributed by atoms with Crippen molar-refractivity contribution < 1.29 is 14.6 Å². The highest BCUT2D eigenvalue weighted by Crippen LogP contribution is 2.43. The number of allylic oxidation sites excluding steroid dienone is 2. The number of rotatable bonds is 3. The predicted octanol–water partition coefficient (Wildman–Crippen LogP) is 1.58. The van der Waals surface area contributed by atoms with E-state index in [-0.39, 0.29) is 17.7 Å². The highest BCUT2D eigenvalue weighted by atomic mass is 16.5. The molecule has 2 N–H and O–H groups in total. The zero-order chi connectivity index (χ0) is 18.1. The molecule has 1 saturated carbocycles. The van der Waals surface area contributed by atoms with Crippen LogP contribution in [0, 0.1) is 5.41 Å². The first-order valence-corrected chi connectivity index (χ1v) is 10.0. The molecule has 0 aromatic carbocycles. The van der Waals surface area contributed by atoms with E-state index in [0.29, 0.717) is 11.9 Å². The second-order valence-corrected chi connectivity index (χ2v) is 8.25. The molecule has 6 nitrogen and oxygen atoms in total. The Bertz CT molecular complexity index is 597. The van der Waals surface area contributed by atoms with E-state index in [9.17, 15) is 9.90 Å². The molecule has 1 amide bonds. The fourth-order valence-electron chi connectivity index (χ4n) is 5.11. The number of likely N-dealkylation sites (tertiary alicyclic amines) is 2. The Morgan fingerprint density at radius 2 is 2.04 bits per heavy atom. The molecule has 0 radical (unpaired) electrons. The molecule has 0 bridgehead atoms. The number of hydrogen-bond donors (Lipinski definition) is 2. The van der Waals surface area contributed by atoms with Gasteiger partial charge in [0.05, 0.1) is 11.5 Å². The lowest BCUT2D eigenvalue weighted by atomic mass is 9.78. The van der Waals surface area contributed by atoms with Crippen LogP contribution in [0.2, 0.25) is 0 Å². The van der Waals surface area contributed by atoms with Crippen molar-refractivity contribution in [2.45, 2.75) is 63.3 Å². The Hall–Kier alpha value is -1.53. The Morgan fingerprint density at radius 1 is 1.23 bits per heavy atom. The van der Waals surface area contributed by atoms with E-state index in [0.717, 1.165) is 70.4 Å². The molecule has 0 aromatic heterocycles. The van der Waals surface area contributed by atoms with Crippen LogP contribution in [0.15, 0.2) is 24.0 Å². The van der Waals surface area contributed by atoms with Crippen LogP contribution in [0.1, 0.15) is 44.9 Å². The Kier molecular flexibility index (Phi) is 4.97. The summed E-state index contributed by atoms with van der Waals surface area (Å²) in [7, 11) is 1.70. The van der Waals surface area contributed by atoms with Gasteiger partial charge >= 0.3 is 0 Å². The molecule has 4 aliphatic rings. The van der Waals surface area contributed by atoms with Gasteiger partial charge in [-0.3, -0.25) is 4.79 Å². The monoisotopic (exact) mass is 361 g/mol. The molecule has 3 heterocycles. The summed E-state index contributed by atoms with van der Waals surface area (Å²) in [5, 5.41) is 13.2. The van der Waals surface area contributed by atoms with Crippen molar-refractivity contribution in [1.29, 1.82) is 0 Å². The number of carbonyl (C=O) groups excluding carboxylic acids is 1. The minimum atomic E-state index is -0.236. The summed E-state index contributed by atoms with van der Waals surface area (Å²) in [4.78, 5) is 17.8. The fraction of sp³-hybridized carbons (Fsp3) is 0.750. The van der Waals surface area contributed by atoms with Gasteiger partial charge in [0, 0.05) is 32.8 Å². The highest BCUT2D eigenvalue weighted by Gasteiger charge is 2.50. The van der Waals surface area contributed by atoms with Crippen LogP contribution < -0.4 is 5.32 Å². The molecule has 1 aliphatic carbocycles. The molecular weight excluding hydrogens is 330 g/mol. The largest absolute Gasteiger partial charge is 0.393 e. The van der Waals surface area contributed by atoms with Crippen molar-refractivity contribution in [3.8, 4) is 0 Å². The lowest BCUT2D eigenvalue weighted by molar-refractivity contribution is -0.141. The molecule has 26 heavy (non-hydrogen) atoms. The Labute approximate surface area is 155 Å². The molecule has 1 spiro atoms. The number of aliphatic hydroxyl groups excluding tert-OH is 1. The lowest BCUT2D eigenvalue weighted by Crippen LogP contribution is -2.51. The highest BCUT2D eigenvalue weighted by molar-refractivity contribution is 5.85. The molecule has 3 aliphatic heterocycles. The number of nitrogens with zero attached hydrogens (tertiary/aromatic N) is 2. The first-order valence-electron chi connectivity index (χ1n) is 10.0. The smallest absolute Gasteiger partial charge is 0.230 e. The van der Waals surface area contributed by atoms with E-state index in [1.54, 1.807) is 7.11 Å². The first-order chi connectivity index (χ1) is 12.6. The van der Waals surface area contributed by atoms with Gasteiger partial charge in [0.25, 0.3) is 0 Å². The van der Waals surface area contributed by atoms with Crippen molar-refractivity contribution in [1.82, 2.24) is 15.1 Å². The topological polar surface area (TPSA) is 65.0 Å². The van der Waals surface area contributed by atoms with Crippen molar-refractivity contribution in [3.63, 3.8) is 0 Å². The number of dihydropyridines is 1. The zero-order valence-corrected chi connectivity index (χ0v) is 15.7. The van der Waals surface area contributed by atoms with E-state index < -0.39 is 0 Å². The molecule has 6 heteroatoms. The number of methoxy groups -OCH3 is 1.